The second kappa shape index (κ2) is 6.80. The summed E-state index contributed by atoms with van der Waals surface area (Å²) in [7, 11) is 0. The monoisotopic (exact) mass is 215 g/mol. The van der Waals surface area contributed by atoms with E-state index in [1.54, 1.807) is 0 Å². The van der Waals surface area contributed by atoms with Gasteiger partial charge in [0.2, 0.25) is 5.91 Å². The summed E-state index contributed by atoms with van der Waals surface area (Å²) in [6.07, 6.45) is 2.85. The highest BCUT2D eigenvalue weighted by atomic mass is 16.5. The number of nitrogens with one attached hydrogen (secondary N) is 1. The molecule has 15 heavy (non-hydrogen) atoms. The zero-order chi connectivity index (χ0) is 11.1. The highest BCUT2D eigenvalue weighted by molar-refractivity contribution is 5.75. The third-order valence-electron chi connectivity index (χ3n) is 2.70. The molecule has 0 spiro atoms. The Morgan fingerprint density at radius 2 is 2.27 bits per heavy atom. The zero-order valence-electron chi connectivity index (χ0n) is 9.37. The van der Waals surface area contributed by atoms with Crippen LogP contribution in [0.4, 0.5) is 0 Å². The predicted octanol–water partition coefficient (Wildman–Crippen LogP) is 0.690. The summed E-state index contributed by atoms with van der Waals surface area (Å²) in [5.41, 5.74) is 0. The van der Waals surface area contributed by atoms with E-state index in [4.69, 9.17) is 9.84 Å². The molecule has 1 aliphatic carbocycles. The molecule has 0 heterocycles. The summed E-state index contributed by atoms with van der Waals surface area (Å²) >= 11 is 0. The molecule has 1 rings (SSSR count). The first-order valence-electron chi connectivity index (χ1n) is 5.75. The van der Waals surface area contributed by atoms with Crippen molar-refractivity contribution in [1.29, 1.82) is 0 Å². The largest absolute Gasteiger partial charge is 0.393 e. The highest BCUT2D eigenvalue weighted by Crippen LogP contribution is 2.25. The van der Waals surface area contributed by atoms with Gasteiger partial charge in [-0.25, -0.2) is 0 Å². The second-order valence-corrected chi connectivity index (χ2v) is 4.10. The summed E-state index contributed by atoms with van der Waals surface area (Å²) in [6.45, 7) is 4.03. The van der Waals surface area contributed by atoms with Crippen molar-refractivity contribution in [2.75, 3.05) is 19.8 Å². The first-order valence-corrected chi connectivity index (χ1v) is 5.75. The summed E-state index contributed by atoms with van der Waals surface area (Å²) in [5, 5.41) is 11.9. The highest BCUT2D eigenvalue weighted by Gasteiger charge is 2.26. The molecule has 0 saturated heterocycles. The lowest BCUT2D eigenvalue weighted by atomic mass is 9.82. The standard InChI is InChI=1S/C11H21NO3/c1-2-15-5-3-4-11(14)12-8-9-6-10(13)7-9/h9-10,13H,2-8H2,1H3,(H,12,14). The predicted molar refractivity (Wildman–Crippen MR) is 57.5 cm³/mol. The molecule has 4 heteroatoms. The van der Waals surface area contributed by atoms with E-state index in [9.17, 15) is 4.79 Å². The molecular weight excluding hydrogens is 194 g/mol. The van der Waals surface area contributed by atoms with Gasteiger partial charge < -0.3 is 15.2 Å². The van der Waals surface area contributed by atoms with E-state index in [0.29, 0.717) is 32.1 Å². The zero-order valence-corrected chi connectivity index (χ0v) is 9.37. The lowest BCUT2D eigenvalue weighted by Crippen LogP contribution is -2.38. The first kappa shape index (κ1) is 12.5. The van der Waals surface area contributed by atoms with E-state index in [2.05, 4.69) is 5.32 Å². The number of rotatable bonds is 7. The summed E-state index contributed by atoms with van der Waals surface area (Å²) < 4.78 is 5.14. The Labute approximate surface area is 91.0 Å². The Hall–Kier alpha value is -0.610. The average Bonchev–Trinajstić information content (AvgIpc) is 2.18. The van der Waals surface area contributed by atoms with E-state index in [1.807, 2.05) is 6.92 Å². The van der Waals surface area contributed by atoms with Gasteiger partial charge in [0.05, 0.1) is 6.10 Å². The molecule has 0 bridgehead atoms. The van der Waals surface area contributed by atoms with Gasteiger partial charge in [-0.05, 0) is 32.1 Å². The molecule has 0 aliphatic heterocycles. The molecular formula is C11H21NO3. The third kappa shape index (κ3) is 5.14. The van der Waals surface area contributed by atoms with Crippen LogP contribution in [-0.2, 0) is 9.53 Å². The Morgan fingerprint density at radius 1 is 1.53 bits per heavy atom. The van der Waals surface area contributed by atoms with E-state index in [1.165, 1.54) is 0 Å². The fourth-order valence-corrected chi connectivity index (χ4v) is 1.69. The van der Waals surface area contributed by atoms with Crippen molar-refractivity contribution in [2.24, 2.45) is 5.92 Å². The molecule has 0 aromatic carbocycles. The number of aliphatic hydroxyl groups excluding tert-OH is 1. The van der Waals surface area contributed by atoms with Crippen molar-refractivity contribution in [1.82, 2.24) is 5.32 Å². The minimum atomic E-state index is -0.134. The Kier molecular flexibility index (Phi) is 5.65. The normalized spacial score (nSPS) is 24.7. The van der Waals surface area contributed by atoms with Crippen molar-refractivity contribution in [3.63, 3.8) is 0 Å². The van der Waals surface area contributed by atoms with Gasteiger partial charge in [-0.1, -0.05) is 0 Å². The molecule has 0 radical (unpaired) electrons. The number of carbonyl (C=O) groups is 1. The van der Waals surface area contributed by atoms with Gasteiger partial charge in [0, 0.05) is 26.2 Å². The van der Waals surface area contributed by atoms with E-state index in [-0.39, 0.29) is 12.0 Å². The van der Waals surface area contributed by atoms with Crippen molar-refractivity contribution >= 4 is 5.91 Å². The van der Waals surface area contributed by atoms with Crippen LogP contribution in [0.3, 0.4) is 0 Å². The lowest BCUT2D eigenvalue weighted by Gasteiger charge is -2.31. The van der Waals surface area contributed by atoms with Crippen LogP contribution < -0.4 is 5.32 Å². The van der Waals surface area contributed by atoms with Crippen LogP contribution in [0.1, 0.15) is 32.6 Å². The van der Waals surface area contributed by atoms with Gasteiger partial charge in [-0.2, -0.15) is 0 Å². The van der Waals surface area contributed by atoms with Crippen LogP contribution in [0, 0.1) is 5.92 Å². The summed E-state index contributed by atoms with van der Waals surface area (Å²) in [5.74, 6) is 0.576. The van der Waals surface area contributed by atoms with Crippen molar-refractivity contribution in [3.8, 4) is 0 Å². The topological polar surface area (TPSA) is 58.6 Å². The minimum Gasteiger partial charge on any atom is -0.393 e. The van der Waals surface area contributed by atoms with E-state index >= 15 is 0 Å². The average molecular weight is 215 g/mol. The maximum atomic E-state index is 11.3. The maximum Gasteiger partial charge on any atom is 0.220 e. The third-order valence-corrected chi connectivity index (χ3v) is 2.70. The lowest BCUT2D eigenvalue weighted by molar-refractivity contribution is -0.122. The Balaban J connectivity index is 1.90. The molecule has 1 aliphatic rings. The van der Waals surface area contributed by atoms with Crippen molar-refractivity contribution < 1.29 is 14.6 Å². The number of hydrogen-bond donors (Lipinski definition) is 2. The van der Waals surface area contributed by atoms with Crippen molar-refractivity contribution in [3.05, 3.63) is 0 Å². The van der Waals surface area contributed by atoms with Gasteiger partial charge in [0.25, 0.3) is 0 Å². The number of aliphatic hydroxyl groups is 1. The quantitative estimate of drug-likeness (QED) is 0.614. The van der Waals surface area contributed by atoms with E-state index in [0.717, 1.165) is 19.3 Å². The molecule has 1 amide bonds. The molecule has 88 valence electrons. The minimum absolute atomic E-state index is 0.0936. The van der Waals surface area contributed by atoms with Crippen LogP contribution in [-0.4, -0.2) is 36.9 Å². The fraction of sp³-hybridized carbons (Fsp3) is 0.909. The van der Waals surface area contributed by atoms with Gasteiger partial charge in [-0.15, -0.1) is 0 Å². The van der Waals surface area contributed by atoms with Crippen LogP contribution >= 0.6 is 0 Å². The SMILES string of the molecule is CCOCCCC(=O)NCC1CC(O)C1. The smallest absolute Gasteiger partial charge is 0.220 e. The van der Waals surface area contributed by atoms with E-state index < -0.39 is 0 Å². The molecule has 1 saturated carbocycles. The molecule has 0 aromatic heterocycles. The number of amides is 1. The van der Waals surface area contributed by atoms with Gasteiger partial charge in [0.1, 0.15) is 0 Å². The first-order chi connectivity index (χ1) is 7.22. The second-order valence-electron chi connectivity index (χ2n) is 4.10. The van der Waals surface area contributed by atoms with Crippen LogP contribution in [0.15, 0.2) is 0 Å². The van der Waals surface area contributed by atoms with Crippen LogP contribution in [0.25, 0.3) is 0 Å². The molecule has 4 nitrogen and oxygen atoms in total. The van der Waals surface area contributed by atoms with Crippen LogP contribution in [0.2, 0.25) is 0 Å². The molecule has 1 fully saturated rings. The van der Waals surface area contributed by atoms with Crippen molar-refractivity contribution in [2.45, 2.75) is 38.7 Å². The molecule has 2 N–H and O–H groups in total. The van der Waals surface area contributed by atoms with Gasteiger partial charge in [-0.3, -0.25) is 4.79 Å². The molecule has 0 atom stereocenters. The fourth-order valence-electron chi connectivity index (χ4n) is 1.69. The Morgan fingerprint density at radius 3 is 2.87 bits per heavy atom. The Bertz CT molecular complexity index is 190. The van der Waals surface area contributed by atoms with Gasteiger partial charge in [0.15, 0.2) is 0 Å². The molecule has 0 aromatic rings. The number of hydrogen-bond acceptors (Lipinski definition) is 3. The van der Waals surface area contributed by atoms with Crippen LogP contribution in [0.5, 0.6) is 0 Å². The molecule has 0 unspecified atom stereocenters. The van der Waals surface area contributed by atoms with Gasteiger partial charge >= 0.3 is 0 Å². The number of carbonyl (C=O) groups excluding carboxylic acids is 1. The maximum absolute atomic E-state index is 11.3. The summed E-state index contributed by atoms with van der Waals surface area (Å²) in [6, 6.07) is 0. The number of ether oxygens (including phenoxy) is 1. The summed E-state index contributed by atoms with van der Waals surface area (Å²) in [4.78, 5) is 11.3.